The van der Waals surface area contributed by atoms with Gasteiger partial charge in [-0.15, -0.1) is 0 Å². The molecule has 0 heterocycles. The third-order valence-electron chi connectivity index (χ3n) is 2.83. The maximum Gasteiger partial charge on any atom is 0.307 e. The van der Waals surface area contributed by atoms with Crippen LogP contribution in [-0.2, 0) is 21.2 Å². The average molecular weight is 317 g/mol. The minimum Gasteiger partial charge on any atom is -0.481 e. The Kier molecular flexibility index (Phi) is 6.51. The first-order valence-electron chi connectivity index (χ1n) is 6.18. The van der Waals surface area contributed by atoms with Crippen LogP contribution < -0.4 is 4.72 Å². The lowest BCUT2D eigenvalue weighted by Crippen LogP contribution is -2.26. The molecule has 0 aromatic heterocycles. The van der Waals surface area contributed by atoms with Crippen LogP contribution in [0.3, 0.4) is 0 Å². The maximum absolute atomic E-state index is 12.0. The van der Waals surface area contributed by atoms with Crippen molar-refractivity contribution in [1.82, 2.24) is 4.72 Å². The molecule has 1 aromatic rings. The fourth-order valence-electron chi connectivity index (χ4n) is 1.56. The Morgan fingerprint density at radius 2 is 1.95 bits per heavy atom. The van der Waals surface area contributed by atoms with Crippen molar-refractivity contribution in [3.8, 4) is 0 Å². The number of carbonyl (C=O) groups is 1. The summed E-state index contributed by atoms with van der Waals surface area (Å²) in [5, 5.41) is 9.05. The van der Waals surface area contributed by atoms with Crippen LogP contribution in [0.15, 0.2) is 29.2 Å². The number of thioether (sulfide) groups is 1. The Balaban J connectivity index is 2.65. The number of carboxylic acid groups (broad SMARTS) is 1. The highest BCUT2D eigenvalue weighted by molar-refractivity contribution is 7.99. The van der Waals surface area contributed by atoms with Gasteiger partial charge in [0.05, 0.1) is 11.3 Å². The second-order valence-electron chi connectivity index (χ2n) is 4.45. The van der Waals surface area contributed by atoms with E-state index in [0.717, 1.165) is 6.42 Å². The van der Waals surface area contributed by atoms with Gasteiger partial charge in [0, 0.05) is 11.8 Å². The van der Waals surface area contributed by atoms with E-state index in [1.165, 1.54) is 24.3 Å². The molecule has 5 nitrogen and oxygen atoms in total. The van der Waals surface area contributed by atoms with Crippen LogP contribution >= 0.6 is 11.8 Å². The molecule has 2 N–H and O–H groups in total. The second-order valence-corrected chi connectivity index (χ2v) is 7.49. The van der Waals surface area contributed by atoms with Crippen molar-refractivity contribution in [3.05, 3.63) is 29.8 Å². The molecule has 20 heavy (non-hydrogen) atoms. The van der Waals surface area contributed by atoms with Crippen molar-refractivity contribution in [2.45, 2.75) is 29.9 Å². The fraction of sp³-hybridized carbons (Fsp3) is 0.462. The van der Waals surface area contributed by atoms with E-state index in [1.807, 2.05) is 13.2 Å². The van der Waals surface area contributed by atoms with E-state index in [-0.39, 0.29) is 11.3 Å². The standard InChI is InChI=1S/C13H19NO4S2/c1-10(19-2)7-8-14-20(17,18)12-5-3-11(4-6-12)9-13(15)16/h3-6,10,14H,7-9H2,1-2H3,(H,15,16). The summed E-state index contributed by atoms with van der Waals surface area (Å²) in [7, 11) is -3.52. The third-order valence-corrected chi connectivity index (χ3v) is 5.35. The number of nitrogens with one attached hydrogen (secondary N) is 1. The summed E-state index contributed by atoms with van der Waals surface area (Å²) in [4.78, 5) is 10.7. The first-order valence-corrected chi connectivity index (χ1v) is 8.95. The minimum atomic E-state index is -3.52. The Labute approximate surface area is 123 Å². The van der Waals surface area contributed by atoms with Crippen molar-refractivity contribution in [2.75, 3.05) is 12.8 Å². The number of benzene rings is 1. The van der Waals surface area contributed by atoms with Crippen molar-refractivity contribution in [2.24, 2.45) is 0 Å². The van der Waals surface area contributed by atoms with Crippen molar-refractivity contribution >= 4 is 27.8 Å². The zero-order chi connectivity index (χ0) is 15.2. The molecule has 0 fully saturated rings. The van der Waals surface area contributed by atoms with Crippen LogP contribution in [0.5, 0.6) is 0 Å². The molecular formula is C13H19NO4S2. The molecule has 0 aliphatic rings. The lowest BCUT2D eigenvalue weighted by molar-refractivity contribution is -0.136. The summed E-state index contributed by atoms with van der Waals surface area (Å²) in [6.45, 7) is 2.43. The van der Waals surface area contributed by atoms with E-state index in [9.17, 15) is 13.2 Å². The molecule has 1 rings (SSSR count). The molecule has 0 spiro atoms. The third kappa shape index (κ3) is 5.52. The topological polar surface area (TPSA) is 83.5 Å². The molecule has 1 aromatic carbocycles. The first kappa shape index (κ1) is 17.0. The van der Waals surface area contributed by atoms with Crippen LogP contribution in [0.1, 0.15) is 18.9 Å². The van der Waals surface area contributed by atoms with Crippen molar-refractivity contribution < 1.29 is 18.3 Å². The number of rotatable bonds is 8. The van der Waals surface area contributed by atoms with Gasteiger partial charge < -0.3 is 5.11 Å². The molecule has 7 heteroatoms. The lowest BCUT2D eigenvalue weighted by atomic mass is 10.2. The summed E-state index contributed by atoms with van der Waals surface area (Å²) < 4.78 is 26.5. The van der Waals surface area contributed by atoms with Gasteiger partial charge in [-0.3, -0.25) is 4.79 Å². The fourth-order valence-corrected chi connectivity index (χ4v) is 2.96. The summed E-state index contributed by atoms with van der Waals surface area (Å²) in [5.41, 5.74) is 0.576. The molecule has 0 saturated heterocycles. The smallest absolute Gasteiger partial charge is 0.307 e. The second kappa shape index (κ2) is 7.66. The van der Waals surface area contributed by atoms with E-state index < -0.39 is 16.0 Å². The average Bonchev–Trinajstić information content (AvgIpc) is 2.38. The zero-order valence-corrected chi connectivity index (χ0v) is 13.1. The molecule has 0 bridgehead atoms. The van der Waals surface area contributed by atoms with E-state index >= 15 is 0 Å². The lowest BCUT2D eigenvalue weighted by Gasteiger charge is -2.10. The van der Waals surface area contributed by atoms with E-state index in [2.05, 4.69) is 4.72 Å². The number of sulfonamides is 1. The monoisotopic (exact) mass is 317 g/mol. The van der Waals surface area contributed by atoms with Gasteiger partial charge in [0.15, 0.2) is 0 Å². The highest BCUT2D eigenvalue weighted by Crippen LogP contribution is 2.12. The van der Waals surface area contributed by atoms with Gasteiger partial charge in [-0.25, -0.2) is 13.1 Å². The molecule has 112 valence electrons. The Bertz CT molecular complexity index is 540. The number of aliphatic carboxylic acids is 1. The first-order chi connectivity index (χ1) is 9.35. The Morgan fingerprint density at radius 1 is 1.35 bits per heavy atom. The van der Waals surface area contributed by atoms with Crippen LogP contribution in [0, 0.1) is 0 Å². The van der Waals surface area contributed by atoms with Gasteiger partial charge in [-0.1, -0.05) is 19.1 Å². The molecule has 1 atom stereocenters. The van der Waals surface area contributed by atoms with Crippen molar-refractivity contribution in [1.29, 1.82) is 0 Å². The molecule has 0 radical (unpaired) electrons. The maximum atomic E-state index is 12.0. The summed E-state index contributed by atoms with van der Waals surface area (Å²) in [5.74, 6) is -0.940. The summed E-state index contributed by atoms with van der Waals surface area (Å²) >= 11 is 1.69. The number of hydrogen-bond acceptors (Lipinski definition) is 4. The minimum absolute atomic E-state index is 0.112. The van der Waals surface area contributed by atoms with Gasteiger partial charge in [0.2, 0.25) is 10.0 Å². The van der Waals surface area contributed by atoms with Crippen LogP contribution in [0.25, 0.3) is 0 Å². The predicted octanol–water partition coefficient (Wildman–Crippen LogP) is 1.73. The molecular weight excluding hydrogens is 298 g/mol. The van der Waals surface area contributed by atoms with E-state index in [4.69, 9.17) is 5.11 Å². The van der Waals surface area contributed by atoms with Crippen LogP contribution in [0.4, 0.5) is 0 Å². The Morgan fingerprint density at radius 3 is 2.45 bits per heavy atom. The normalized spacial score (nSPS) is 13.1. The quantitative estimate of drug-likeness (QED) is 0.763. The molecule has 1 unspecified atom stereocenters. The number of carboxylic acids is 1. The predicted molar refractivity (Wildman–Crippen MR) is 80.6 cm³/mol. The highest BCUT2D eigenvalue weighted by atomic mass is 32.2. The van der Waals surface area contributed by atoms with Gasteiger partial charge in [0.1, 0.15) is 0 Å². The number of hydrogen-bond donors (Lipinski definition) is 2. The molecule has 0 saturated carbocycles. The highest BCUT2D eigenvalue weighted by Gasteiger charge is 2.14. The van der Waals surface area contributed by atoms with Gasteiger partial charge >= 0.3 is 5.97 Å². The van der Waals surface area contributed by atoms with Crippen molar-refractivity contribution in [3.63, 3.8) is 0 Å². The SMILES string of the molecule is CSC(C)CCNS(=O)(=O)c1ccc(CC(=O)O)cc1. The largest absolute Gasteiger partial charge is 0.481 e. The Hall–Kier alpha value is -1.05. The van der Waals surface area contributed by atoms with Gasteiger partial charge in [0.25, 0.3) is 0 Å². The van der Waals surface area contributed by atoms with Crippen LogP contribution in [-0.4, -0.2) is 37.5 Å². The van der Waals surface area contributed by atoms with Gasteiger partial charge in [-0.05, 0) is 30.4 Å². The van der Waals surface area contributed by atoms with Gasteiger partial charge in [-0.2, -0.15) is 11.8 Å². The van der Waals surface area contributed by atoms with E-state index in [0.29, 0.717) is 17.4 Å². The molecule has 0 amide bonds. The molecule has 0 aliphatic heterocycles. The van der Waals surface area contributed by atoms with E-state index in [1.54, 1.807) is 11.8 Å². The van der Waals surface area contributed by atoms with Crippen LogP contribution in [0.2, 0.25) is 0 Å². The summed E-state index contributed by atoms with van der Waals surface area (Å²) in [6.07, 6.45) is 2.64. The molecule has 0 aliphatic carbocycles. The zero-order valence-electron chi connectivity index (χ0n) is 11.5. The summed E-state index contributed by atoms with van der Waals surface area (Å²) in [6, 6.07) is 5.90.